The average molecular weight is 401 g/mol. The van der Waals surface area contributed by atoms with E-state index in [0.29, 0.717) is 22.1 Å². The van der Waals surface area contributed by atoms with Crippen molar-refractivity contribution in [2.24, 2.45) is 0 Å². The Morgan fingerprint density at radius 2 is 1.64 bits per heavy atom. The van der Waals surface area contributed by atoms with Crippen LogP contribution in [-0.2, 0) is 9.53 Å². The van der Waals surface area contributed by atoms with Crippen LogP contribution in [0.1, 0.15) is 16.7 Å². The fourth-order valence-corrected chi connectivity index (χ4v) is 2.88. The molecular weight excluding hydrogens is 380 g/mol. The van der Waals surface area contributed by atoms with E-state index in [4.69, 9.17) is 25.8 Å². The number of rotatable bonds is 8. The molecule has 0 unspecified atom stereocenters. The predicted octanol–water partition coefficient (Wildman–Crippen LogP) is 5.16. The third-order valence-electron chi connectivity index (χ3n) is 3.89. The molecule has 2 aromatic rings. The lowest BCUT2D eigenvalue weighted by atomic mass is 10.00. The first-order valence-electron chi connectivity index (χ1n) is 8.34. The first-order chi connectivity index (χ1) is 13.5. The Morgan fingerprint density at radius 3 is 2.25 bits per heavy atom. The number of aliphatic carboxylic acids is 1. The van der Waals surface area contributed by atoms with Crippen LogP contribution in [0, 0.1) is 0 Å². The van der Waals surface area contributed by atoms with Crippen molar-refractivity contribution in [2.45, 2.75) is 0 Å². The molecule has 0 aliphatic carbocycles. The molecule has 0 aliphatic heterocycles. The summed E-state index contributed by atoms with van der Waals surface area (Å²) in [7, 11) is 4.49. The Morgan fingerprint density at radius 1 is 0.964 bits per heavy atom. The van der Waals surface area contributed by atoms with E-state index in [-0.39, 0.29) is 5.57 Å². The largest absolute Gasteiger partial charge is 0.503 e. The molecule has 0 fully saturated rings. The minimum absolute atomic E-state index is 0.0784. The zero-order chi connectivity index (χ0) is 20.5. The number of halogens is 1. The topological polar surface area (TPSA) is 65.0 Å². The molecule has 0 amide bonds. The number of carboxylic acid groups (broad SMARTS) is 1. The maximum absolute atomic E-state index is 11.5. The molecule has 6 heteroatoms. The highest BCUT2D eigenvalue weighted by molar-refractivity contribution is 6.33. The summed E-state index contributed by atoms with van der Waals surface area (Å²) in [4.78, 5) is 11.5. The van der Waals surface area contributed by atoms with Crippen molar-refractivity contribution in [1.29, 1.82) is 0 Å². The van der Waals surface area contributed by atoms with E-state index in [0.717, 1.165) is 11.1 Å². The minimum Gasteiger partial charge on any atom is -0.503 e. The molecule has 0 saturated carbocycles. The maximum Gasteiger partial charge on any atom is 0.339 e. The number of benzene rings is 2. The van der Waals surface area contributed by atoms with Crippen LogP contribution in [-0.4, -0.2) is 32.4 Å². The fraction of sp³-hybridized carbons (Fsp3) is 0.136. The van der Waals surface area contributed by atoms with Crippen molar-refractivity contribution in [3.63, 3.8) is 0 Å². The lowest BCUT2D eigenvalue weighted by Gasteiger charge is -2.10. The Balaban J connectivity index is 2.29. The summed E-state index contributed by atoms with van der Waals surface area (Å²) in [6.07, 6.45) is 8.47. The van der Waals surface area contributed by atoms with Crippen LogP contribution in [0.2, 0.25) is 5.02 Å². The van der Waals surface area contributed by atoms with Crippen molar-refractivity contribution in [2.75, 3.05) is 21.3 Å². The Kier molecular flexibility index (Phi) is 7.72. The minimum atomic E-state index is -1.06. The van der Waals surface area contributed by atoms with Gasteiger partial charge in [0.2, 0.25) is 0 Å². The van der Waals surface area contributed by atoms with Crippen LogP contribution in [0.5, 0.6) is 11.5 Å². The van der Waals surface area contributed by atoms with E-state index in [1.165, 1.54) is 20.5 Å². The van der Waals surface area contributed by atoms with E-state index in [1.54, 1.807) is 31.4 Å². The molecule has 1 N–H and O–H groups in total. The Bertz CT molecular complexity index is 929. The first kappa shape index (κ1) is 21.1. The normalized spacial score (nSPS) is 11.8. The number of hydrogen-bond acceptors (Lipinski definition) is 4. The molecule has 0 aromatic heterocycles. The highest BCUT2D eigenvalue weighted by Gasteiger charge is 2.13. The van der Waals surface area contributed by atoms with Crippen LogP contribution in [0.15, 0.2) is 54.8 Å². The Labute approximate surface area is 169 Å². The van der Waals surface area contributed by atoms with Crippen molar-refractivity contribution in [1.82, 2.24) is 0 Å². The summed E-state index contributed by atoms with van der Waals surface area (Å²) in [6.45, 7) is 0. The highest BCUT2D eigenvalue weighted by Crippen LogP contribution is 2.37. The van der Waals surface area contributed by atoms with E-state index in [1.807, 2.05) is 36.4 Å². The number of carboxylic acids is 1. The smallest absolute Gasteiger partial charge is 0.339 e. The second kappa shape index (κ2) is 10.2. The monoisotopic (exact) mass is 400 g/mol. The van der Waals surface area contributed by atoms with Crippen LogP contribution in [0.4, 0.5) is 0 Å². The summed E-state index contributed by atoms with van der Waals surface area (Å²) in [5.41, 5.74) is 2.15. The van der Waals surface area contributed by atoms with Gasteiger partial charge in [-0.25, -0.2) is 4.79 Å². The Hall–Kier alpha value is -3.18. The van der Waals surface area contributed by atoms with Crippen molar-refractivity contribution in [3.05, 3.63) is 76.5 Å². The molecule has 0 spiro atoms. The van der Waals surface area contributed by atoms with Gasteiger partial charge in [0.1, 0.15) is 5.57 Å². The maximum atomic E-state index is 11.5. The summed E-state index contributed by atoms with van der Waals surface area (Å²) in [5, 5.41) is 9.85. The molecular formula is C22H21ClO5. The van der Waals surface area contributed by atoms with E-state index < -0.39 is 5.97 Å². The standard InChI is InChI=1S/C22H21ClO5/c1-26-14-18(22(24)25)17-11-7-6-9-15(17)8-4-5-10-16-12-13-19(27-2)21(28-3)20(16)23/h4-14H,1-3H3,(H,24,25). The molecule has 28 heavy (non-hydrogen) atoms. The lowest BCUT2D eigenvalue weighted by molar-refractivity contribution is -0.130. The molecule has 0 atom stereocenters. The number of allylic oxidation sites excluding steroid dienone is 2. The van der Waals surface area contributed by atoms with Gasteiger partial charge in [-0.2, -0.15) is 0 Å². The zero-order valence-corrected chi connectivity index (χ0v) is 16.6. The van der Waals surface area contributed by atoms with Gasteiger partial charge in [0.15, 0.2) is 11.5 Å². The summed E-state index contributed by atoms with van der Waals surface area (Å²) >= 11 is 6.36. The van der Waals surface area contributed by atoms with Crippen LogP contribution < -0.4 is 9.47 Å². The third kappa shape index (κ3) is 4.96. The molecule has 0 bridgehead atoms. The molecule has 5 nitrogen and oxygen atoms in total. The number of methoxy groups -OCH3 is 3. The van der Waals surface area contributed by atoms with Gasteiger partial charge in [-0.05, 0) is 28.8 Å². The van der Waals surface area contributed by atoms with Crippen LogP contribution in [0.25, 0.3) is 17.7 Å². The molecule has 0 radical (unpaired) electrons. The molecule has 0 heterocycles. The second-order valence-corrected chi connectivity index (χ2v) is 5.96. The van der Waals surface area contributed by atoms with Gasteiger partial charge in [-0.15, -0.1) is 0 Å². The van der Waals surface area contributed by atoms with Crippen LogP contribution in [0.3, 0.4) is 0 Å². The van der Waals surface area contributed by atoms with Gasteiger partial charge in [0, 0.05) is 0 Å². The molecule has 0 saturated heterocycles. The van der Waals surface area contributed by atoms with Gasteiger partial charge < -0.3 is 19.3 Å². The summed E-state index contributed by atoms with van der Waals surface area (Å²) in [6, 6.07) is 10.8. The molecule has 146 valence electrons. The zero-order valence-electron chi connectivity index (χ0n) is 15.8. The molecule has 0 aliphatic rings. The van der Waals surface area contributed by atoms with E-state index in [2.05, 4.69) is 0 Å². The fourth-order valence-electron chi connectivity index (χ4n) is 2.59. The third-order valence-corrected chi connectivity index (χ3v) is 4.28. The van der Waals surface area contributed by atoms with Crippen molar-refractivity contribution < 1.29 is 24.1 Å². The quantitative estimate of drug-likeness (QED) is 0.377. The number of carbonyl (C=O) groups is 1. The summed E-state index contributed by atoms with van der Waals surface area (Å²) < 4.78 is 15.4. The number of ether oxygens (including phenoxy) is 3. The van der Waals surface area contributed by atoms with E-state index in [9.17, 15) is 9.90 Å². The van der Waals surface area contributed by atoms with Crippen LogP contribution >= 0.6 is 11.6 Å². The average Bonchev–Trinajstić information content (AvgIpc) is 2.70. The highest BCUT2D eigenvalue weighted by atomic mass is 35.5. The summed E-state index contributed by atoms with van der Waals surface area (Å²) in [5.74, 6) is -0.0351. The van der Waals surface area contributed by atoms with Gasteiger partial charge in [0.05, 0.1) is 32.6 Å². The van der Waals surface area contributed by atoms with Gasteiger partial charge in [0.25, 0.3) is 0 Å². The van der Waals surface area contributed by atoms with Gasteiger partial charge in [-0.3, -0.25) is 0 Å². The molecule has 2 aromatic carbocycles. The van der Waals surface area contributed by atoms with Gasteiger partial charge >= 0.3 is 5.97 Å². The predicted molar refractivity (Wildman–Crippen MR) is 112 cm³/mol. The first-order valence-corrected chi connectivity index (χ1v) is 8.72. The van der Waals surface area contributed by atoms with Crippen molar-refractivity contribution in [3.8, 4) is 11.5 Å². The number of hydrogen-bond donors (Lipinski definition) is 1. The molecule has 2 rings (SSSR count). The lowest BCUT2D eigenvalue weighted by Crippen LogP contribution is -2.02. The van der Waals surface area contributed by atoms with Crippen molar-refractivity contribution >= 4 is 35.3 Å². The van der Waals surface area contributed by atoms with Gasteiger partial charge in [-0.1, -0.05) is 60.2 Å². The van der Waals surface area contributed by atoms with E-state index >= 15 is 0 Å². The second-order valence-electron chi connectivity index (χ2n) is 5.58. The SMILES string of the molecule is COC=C(C(=O)O)c1ccccc1C=CC=Cc1ccc(OC)c(OC)c1Cl.